The molecule has 0 amide bonds. The Morgan fingerprint density at radius 3 is 2.29 bits per heavy atom. The molecule has 3 atom stereocenters. The lowest BCUT2D eigenvalue weighted by Crippen LogP contribution is -2.43. The standard InChI is InChI=1S/C25H30FNO/c1-28-25-9-6-20(18-4-7-22(26)8-5-18)16-23(25)19-10-12-27(13-11-19)24-15-17-2-3-21(24)14-17/h4-9,16-17,19,21,24H,2-3,10-15H2,1H3/t17-,21-,24-/m0/s1. The molecule has 3 heteroatoms. The molecule has 0 N–H and O–H groups in total. The number of rotatable bonds is 4. The van der Waals surface area contributed by atoms with Crippen LogP contribution in [0.15, 0.2) is 42.5 Å². The Morgan fingerprint density at radius 2 is 1.64 bits per heavy atom. The summed E-state index contributed by atoms with van der Waals surface area (Å²) in [6, 6.07) is 14.1. The summed E-state index contributed by atoms with van der Waals surface area (Å²) < 4.78 is 19.0. The molecule has 2 aromatic carbocycles. The second kappa shape index (κ2) is 7.51. The van der Waals surface area contributed by atoms with Gasteiger partial charge in [-0.1, -0.05) is 24.6 Å². The second-order valence-electron chi connectivity index (χ2n) is 9.02. The SMILES string of the molecule is COc1ccc(-c2ccc(F)cc2)cc1C1CCN([C@H]2C[C@H]3CC[C@H]2C3)CC1. The van der Waals surface area contributed by atoms with E-state index in [1.165, 1.54) is 69.3 Å². The number of nitrogens with zero attached hydrogens (tertiary/aromatic N) is 1. The summed E-state index contributed by atoms with van der Waals surface area (Å²) in [7, 11) is 1.76. The van der Waals surface area contributed by atoms with Gasteiger partial charge in [0.25, 0.3) is 0 Å². The zero-order valence-electron chi connectivity index (χ0n) is 16.7. The molecule has 0 radical (unpaired) electrons. The van der Waals surface area contributed by atoms with Gasteiger partial charge in [-0.15, -0.1) is 0 Å². The van der Waals surface area contributed by atoms with Crippen LogP contribution in [0.1, 0.15) is 50.0 Å². The highest BCUT2D eigenvalue weighted by Gasteiger charge is 2.43. The Balaban J connectivity index is 1.33. The van der Waals surface area contributed by atoms with E-state index in [1.54, 1.807) is 7.11 Å². The Morgan fingerprint density at radius 1 is 0.893 bits per heavy atom. The third-order valence-electron chi connectivity index (χ3n) is 7.55. The van der Waals surface area contributed by atoms with Crippen LogP contribution in [-0.4, -0.2) is 31.1 Å². The average molecular weight is 380 g/mol. The van der Waals surface area contributed by atoms with Crippen LogP contribution < -0.4 is 4.74 Å². The molecule has 3 aliphatic rings. The second-order valence-corrected chi connectivity index (χ2v) is 9.02. The fraction of sp³-hybridized carbons (Fsp3) is 0.520. The zero-order chi connectivity index (χ0) is 19.1. The molecule has 2 nitrogen and oxygen atoms in total. The van der Waals surface area contributed by atoms with Crippen molar-refractivity contribution in [3.05, 3.63) is 53.8 Å². The molecular weight excluding hydrogens is 349 g/mol. The van der Waals surface area contributed by atoms with Gasteiger partial charge in [0.05, 0.1) is 7.11 Å². The maximum absolute atomic E-state index is 13.3. The lowest BCUT2D eigenvalue weighted by atomic mass is 9.85. The van der Waals surface area contributed by atoms with Gasteiger partial charge < -0.3 is 9.64 Å². The molecule has 1 aliphatic heterocycles. The summed E-state index contributed by atoms with van der Waals surface area (Å²) in [5.41, 5.74) is 3.52. The van der Waals surface area contributed by atoms with Crippen molar-refractivity contribution >= 4 is 0 Å². The van der Waals surface area contributed by atoms with Gasteiger partial charge in [0, 0.05) is 6.04 Å². The highest BCUT2D eigenvalue weighted by Crippen LogP contribution is 2.48. The lowest BCUT2D eigenvalue weighted by molar-refractivity contribution is 0.110. The first-order chi connectivity index (χ1) is 13.7. The number of halogens is 1. The maximum Gasteiger partial charge on any atom is 0.123 e. The van der Waals surface area contributed by atoms with Crippen LogP contribution in [0, 0.1) is 17.7 Å². The van der Waals surface area contributed by atoms with Gasteiger partial charge in [-0.3, -0.25) is 0 Å². The van der Waals surface area contributed by atoms with E-state index >= 15 is 0 Å². The van der Waals surface area contributed by atoms with Crippen molar-refractivity contribution in [1.29, 1.82) is 0 Å². The average Bonchev–Trinajstić information content (AvgIpc) is 3.38. The summed E-state index contributed by atoms with van der Waals surface area (Å²) in [5.74, 6) is 3.33. The van der Waals surface area contributed by atoms with Gasteiger partial charge in [0.15, 0.2) is 0 Å². The third-order valence-corrected chi connectivity index (χ3v) is 7.55. The molecule has 0 unspecified atom stereocenters. The minimum atomic E-state index is -0.189. The topological polar surface area (TPSA) is 12.5 Å². The first-order valence-electron chi connectivity index (χ1n) is 10.9. The van der Waals surface area contributed by atoms with Crippen molar-refractivity contribution in [2.45, 2.75) is 50.5 Å². The molecule has 28 heavy (non-hydrogen) atoms. The number of hydrogen-bond acceptors (Lipinski definition) is 2. The lowest BCUT2D eigenvalue weighted by Gasteiger charge is -2.40. The molecule has 2 bridgehead atoms. The van der Waals surface area contributed by atoms with Crippen molar-refractivity contribution in [3.63, 3.8) is 0 Å². The molecule has 3 fully saturated rings. The van der Waals surface area contributed by atoms with Gasteiger partial charge in [0.1, 0.15) is 11.6 Å². The van der Waals surface area contributed by atoms with Crippen LogP contribution in [0.3, 0.4) is 0 Å². The largest absolute Gasteiger partial charge is 0.496 e. The van der Waals surface area contributed by atoms with E-state index in [-0.39, 0.29) is 5.82 Å². The van der Waals surface area contributed by atoms with Crippen LogP contribution in [-0.2, 0) is 0 Å². The van der Waals surface area contributed by atoms with Crippen molar-refractivity contribution in [1.82, 2.24) is 4.90 Å². The van der Waals surface area contributed by atoms with Crippen molar-refractivity contribution < 1.29 is 9.13 Å². The Bertz CT molecular complexity index is 825. The Kier molecular flexibility index (Phi) is 4.88. The van der Waals surface area contributed by atoms with E-state index in [9.17, 15) is 4.39 Å². The van der Waals surface area contributed by atoms with Gasteiger partial charge >= 0.3 is 0 Å². The van der Waals surface area contributed by atoms with Gasteiger partial charge in [-0.25, -0.2) is 4.39 Å². The first-order valence-corrected chi connectivity index (χ1v) is 10.9. The first kappa shape index (κ1) is 18.2. The molecule has 2 saturated carbocycles. The fourth-order valence-corrected chi connectivity index (χ4v) is 6.08. The molecule has 0 aromatic heterocycles. The molecule has 148 valence electrons. The summed E-state index contributed by atoms with van der Waals surface area (Å²) in [5, 5.41) is 0. The van der Waals surface area contributed by atoms with Crippen LogP contribution in [0.4, 0.5) is 4.39 Å². The normalized spacial score (nSPS) is 28.0. The Labute approximate surface area is 167 Å². The molecule has 0 spiro atoms. The van der Waals surface area contributed by atoms with Crippen LogP contribution in [0.2, 0.25) is 0 Å². The monoisotopic (exact) mass is 379 g/mol. The number of fused-ring (bicyclic) bond motifs is 2. The molecule has 2 aliphatic carbocycles. The van der Waals surface area contributed by atoms with Crippen LogP contribution in [0.5, 0.6) is 5.75 Å². The number of methoxy groups -OCH3 is 1. The number of ether oxygens (including phenoxy) is 1. The van der Waals surface area contributed by atoms with Gasteiger partial charge in [-0.05, 0) is 104 Å². The van der Waals surface area contributed by atoms with Crippen LogP contribution >= 0.6 is 0 Å². The molecule has 5 rings (SSSR count). The highest BCUT2D eigenvalue weighted by atomic mass is 19.1. The van der Waals surface area contributed by atoms with E-state index in [4.69, 9.17) is 4.74 Å². The number of benzene rings is 2. The summed E-state index contributed by atoms with van der Waals surface area (Å²) in [4.78, 5) is 2.79. The predicted molar refractivity (Wildman–Crippen MR) is 111 cm³/mol. The predicted octanol–water partition coefficient (Wildman–Crippen LogP) is 5.87. The van der Waals surface area contributed by atoms with E-state index < -0.39 is 0 Å². The van der Waals surface area contributed by atoms with E-state index in [0.717, 1.165) is 34.8 Å². The summed E-state index contributed by atoms with van der Waals surface area (Å²) >= 11 is 0. The quantitative estimate of drug-likeness (QED) is 0.659. The number of likely N-dealkylation sites (tertiary alicyclic amines) is 1. The smallest absolute Gasteiger partial charge is 0.123 e. The zero-order valence-corrected chi connectivity index (χ0v) is 16.7. The number of piperidine rings is 1. The fourth-order valence-electron chi connectivity index (χ4n) is 6.08. The van der Waals surface area contributed by atoms with E-state index in [2.05, 4.69) is 23.1 Å². The van der Waals surface area contributed by atoms with Crippen LogP contribution in [0.25, 0.3) is 11.1 Å². The minimum absolute atomic E-state index is 0.189. The number of hydrogen-bond donors (Lipinski definition) is 0. The Hall–Kier alpha value is -1.87. The maximum atomic E-state index is 13.3. The van der Waals surface area contributed by atoms with Crippen molar-refractivity contribution in [2.75, 3.05) is 20.2 Å². The van der Waals surface area contributed by atoms with Gasteiger partial charge in [-0.2, -0.15) is 0 Å². The molecule has 1 heterocycles. The molecule has 1 saturated heterocycles. The molecule has 2 aromatic rings. The summed E-state index contributed by atoms with van der Waals surface area (Å²) in [6.07, 6.45) is 8.28. The summed E-state index contributed by atoms with van der Waals surface area (Å²) in [6.45, 7) is 2.42. The van der Waals surface area contributed by atoms with Crippen molar-refractivity contribution in [2.24, 2.45) is 11.8 Å². The van der Waals surface area contributed by atoms with E-state index in [0.29, 0.717) is 5.92 Å². The minimum Gasteiger partial charge on any atom is -0.496 e. The van der Waals surface area contributed by atoms with Gasteiger partial charge in [0.2, 0.25) is 0 Å². The van der Waals surface area contributed by atoms with Crippen molar-refractivity contribution in [3.8, 4) is 16.9 Å². The molecular formula is C25H30FNO. The third kappa shape index (κ3) is 3.34. The van der Waals surface area contributed by atoms with E-state index in [1.807, 2.05) is 12.1 Å². The highest BCUT2D eigenvalue weighted by molar-refractivity contribution is 5.66.